The van der Waals surface area contributed by atoms with E-state index in [1.165, 1.54) is 12.8 Å². The maximum atomic E-state index is 6.26. The van der Waals surface area contributed by atoms with Gasteiger partial charge in [-0.1, -0.05) is 58.7 Å². The minimum Gasteiger partial charge on any atom is -0.0656 e. The normalized spacial score (nSPS) is 12.5. The van der Waals surface area contributed by atoms with Crippen LogP contribution in [0.4, 0.5) is 0 Å². The molecule has 1 heteroatoms. The van der Waals surface area contributed by atoms with Gasteiger partial charge in [0.15, 0.2) is 0 Å². The minimum atomic E-state index is 0.101. The van der Waals surface area contributed by atoms with Gasteiger partial charge in [0.05, 0.1) is 7.85 Å². The van der Waals surface area contributed by atoms with Gasteiger partial charge in [-0.05, 0) is 5.92 Å². The molecule has 0 aliphatic carbocycles. The van der Waals surface area contributed by atoms with Crippen molar-refractivity contribution in [2.24, 2.45) is 5.92 Å². The van der Waals surface area contributed by atoms with E-state index in [4.69, 9.17) is 7.85 Å². The van der Waals surface area contributed by atoms with E-state index in [2.05, 4.69) is 27.7 Å². The lowest BCUT2D eigenvalue weighted by Crippen LogP contribution is -2.21. The van der Waals surface area contributed by atoms with Gasteiger partial charge in [-0.25, -0.2) is 0 Å². The van der Waals surface area contributed by atoms with Crippen molar-refractivity contribution in [1.82, 2.24) is 0 Å². The molecule has 0 heterocycles. The third-order valence-electron chi connectivity index (χ3n) is 3.12. The average Bonchev–Trinajstić information content (AvgIpc) is 2.06. The lowest BCUT2D eigenvalue weighted by molar-refractivity contribution is 0.316. The van der Waals surface area contributed by atoms with E-state index < -0.39 is 0 Å². The second-order valence-electron chi connectivity index (χ2n) is 3.45. The van der Waals surface area contributed by atoms with Crippen LogP contribution >= 0.6 is 0 Å². The standard InChI is InChI=1S/C10H21B/c1-5-9(6-2)10(11,7-3)8-4/h9H,5-8H2,1-4H3. The van der Waals surface area contributed by atoms with Gasteiger partial charge in [-0.3, -0.25) is 0 Å². The molecular formula is C10H21B. The van der Waals surface area contributed by atoms with E-state index in [1.807, 2.05) is 0 Å². The van der Waals surface area contributed by atoms with Crippen LogP contribution in [-0.2, 0) is 0 Å². The highest BCUT2D eigenvalue weighted by Gasteiger charge is 2.26. The third-order valence-corrected chi connectivity index (χ3v) is 3.12. The summed E-state index contributed by atoms with van der Waals surface area (Å²) in [4.78, 5) is 0. The number of rotatable bonds is 5. The molecule has 0 saturated heterocycles. The van der Waals surface area contributed by atoms with Crippen molar-refractivity contribution in [2.75, 3.05) is 0 Å². The Morgan fingerprint density at radius 3 is 1.45 bits per heavy atom. The molecule has 0 aromatic rings. The second-order valence-corrected chi connectivity index (χ2v) is 3.45. The van der Waals surface area contributed by atoms with Crippen LogP contribution in [-0.4, -0.2) is 7.85 Å². The van der Waals surface area contributed by atoms with Gasteiger partial charge in [0.2, 0.25) is 0 Å². The van der Waals surface area contributed by atoms with Crippen molar-refractivity contribution in [3.63, 3.8) is 0 Å². The van der Waals surface area contributed by atoms with Crippen molar-refractivity contribution >= 4 is 7.85 Å². The van der Waals surface area contributed by atoms with Crippen molar-refractivity contribution in [3.05, 3.63) is 0 Å². The van der Waals surface area contributed by atoms with E-state index in [-0.39, 0.29) is 5.31 Å². The fourth-order valence-corrected chi connectivity index (χ4v) is 1.93. The SMILES string of the molecule is [B]C(CC)(CC)C(CC)CC. The van der Waals surface area contributed by atoms with E-state index in [9.17, 15) is 0 Å². The Bertz CT molecular complexity index is 91.0. The summed E-state index contributed by atoms with van der Waals surface area (Å²) in [6.45, 7) is 8.87. The quantitative estimate of drug-likeness (QED) is 0.528. The Hall–Kier alpha value is 0.0649. The summed E-state index contributed by atoms with van der Waals surface area (Å²) in [5, 5.41) is 0.101. The van der Waals surface area contributed by atoms with E-state index in [0.29, 0.717) is 5.92 Å². The van der Waals surface area contributed by atoms with E-state index in [1.54, 1.807) is 0 Å². The minimum absolute atomic E-state index is 0.101. The second kappa shape index (κ2) is 4.85. The van der Waals surface area contributed by atoms with Gasteiger partial charge in [0, 0.05) is 0 Å². The Balaban J connectivity index is 4.19. The van der Waals surface area contributed by atoms with Crippen molar-refractivity contribution in [3.8, 4) is 0 Å². The molecular weight excluding hydrogens is 131 g/mol. The van der Waals surface area contributed by atoms with Crippen molar-refractivity contribution < 1.29 is 0 Å². The molecule has 0 saturated carbocycles. The zero-order chi connectivity index (χ0) is 8.91. The highest BCUT2D eigenvalue weighted by atomic mass is 14.3. The monoisotopic (exact) mass is 152 g/mol. The molecule has 0 aliphatic heterocycles. The van der Waals surface area contributed by atoms with Crippen LogP contribution in [0, 0.1) is 5.92 Å². The summed E-state index contributed by atoms with van der Waals surface area (Å²) in [7, 11) is 6.26. The van der Waals surface area contributed by atoms with Gasteiger partial charge < -0.3 is 0 Å². The summed E-state index contributed by atoms with van der Waals surface area (Å²) < 4.78 is 0. The first-order valence-corrected chi connectivity index (χ1v) is 4.93. The Kier molecular flexibility index (Phi) is 4.87. The molecule has 0 amide bonds. The first-order chi connectivity index (χ1) is 5.14. The van der Waals surface area contributed by atoms with Crippen LogP contribution in [0.15, 0.2) is 0 Å². The smallest absolute Gasteiger partial charge is 0.0656 e. The van der Waals surface area contributed by atoms with Gasteiger partial charge in [-0.2, -0.15) is 0 Å². The van der Waals surface area contributed by atoms with Gasteiger partial charge >= 0.3 is 0 Å². The summed E-state index contributed by atoms with van der Waals surface area (Å²) >= 11 is 0. The van der Waals surface area contributed by atoms with Gasteiger partial charge in [-0.15, -0.1) is 0 Å². The van der Waals surface area contributed by atoms with Crippen LogP contribution in [0.3, 0.4) is 0 Å². The third kappa shape index (κ3) is 2.54. The number of hydrogen-bond donors (Lipinski definition) is 0. The molecule has 0 spiro atoms. The van der Waals surface area contributed by atoms with E-state index in [0.717, 1.165) is 12.8 Å². The maximum absolute atomic E-state index is 6.26. The molecule has 0 N–H and O–H groups in total. The molecule has 0 unspecified atom stereocenters. The van der Waals surface area contributed by atoms with Crippen LogP contribution in [0.25, 0.3) is 0 Å². The van der Waals surface area contributed by atoms with Crippen LogP contribution in [0.2, 0.25) is 5.31 Å². The first-order valence-electron chi connectivity index (χ1n) is 4.93. The number of hydrogen-bond acceptors (Lipinski definition) is 0. The van der Waals surface area contributed by atoms with Crippen LogP contribution in [0.1, 0.15) is 53.4 Å². The summed E-state index contributed by atoms with van der Waals surface area (Å²) in [5.41, 5.74) is 0. The molecule has 2 radical (unpaired) electrons. The molecule has 0 bridgehead atoms. The molecule has 64 valence electrons. The lowest BCUT2D eigenvalue weighted by Gasteiger charge is -2.35. The molecule has 0 aliphatic rings. The molecule has 0 aromatic heterocycles. The fraction of sp³-hybridized carbons (Fsp3) is 1.00. The average molecular weight is 152 g/mol. The zero-order valence-electron chi connectivity index (χ0n) is 8.48. The van der Waals surface area contributed by atoms with Gasteiger partial charge in [0.25, 0.3) is 0 Å². The fourth-order valence-electron chi connectivity index (χ4n) is 1.93. The van der Waals surface area contributed by atoms with Crippen LogP contribution < -0.4 is 0 Å². The van der Waals surface area contributed by atoms with Crippen molar-refractivity contribution in [2.45, 2.75) is 58.7 Å². The first kappa shape index (κ1) is 11.1. The van der Waals surface area contributed by atoms with Gasteiger partial charge in [0.1, 0.15) is 0 Å². The lowest BCUT2D eigenvalue weighted by atomic mass is 9.56. The maximum Gasteiger partial charge on any atom is 0.0749 e. The molecule has 0 fully saturated rings. The molecule has 0 atom stereocenters. The van der Waals surface area contributed by atoms with Crippen LogP contribution in [0.5, 0.6) is 0 Å². The predicted molar refractivity (Wildman–Crippen MR) is 53.1 cm³/mol. The Morgan fingerprint density at radius 1 is 1.00 bits per heavy atom. The Morgan fingerprint density at radius 2 is 1.36 bits per heavy atom. The molecule has 0 aromatic carbocycles. The molecule has 11 heavy (non-hydrogen) atoms. The summed E-state index contributed by atoms with van der Waals surface area (Å²) in [5.74, 6) is 0.706. The molecule has 0 rings (SSSR count). The predicted octanol–water partition coefficient (Wildman–Crippen LogP) is 3.57. The highest BCUT2D eigenvalue weighted by Crippen LogP contribution is 2.42. The van der Waals surface area contributed by atoms with Crippen molar-refractivity contribution in [1.29, 1.82) is 0 Å². The highest BCUT2D eigenvalue weighted by molar-refractivity contribution is 6.15. The molecule has 0 nitrogen and oxygen atoms in total. The largest absolute Gasteiger partial charge is 0.0749 e. The Labute approximate surface area is 73.2 Å². The zero-order valence-corrected chi connectivity index (χ0v) is 8.48. The van der Waals surface area contributed by atoms with E-state index >= 15 is 0 Å². The topological polar surface area (TPSA) is 0 Å². The summed E-state index contributed by atoms with van der Waals surface area (Å²) in [6.07, 6.45) is 4.65. The summed E-state index contributed by atoms with van der Waals surface area (Å²) in [6, 6.07) is 0.